The molecule has 5 nitrogen and oxygen atoms in total. The lowest BCUT2D eigenvalue weighted by atomic mass is 10.1. The fourth-order valence-corrected chi connectivity index (χ4v) is 5.09. The summed E-state index contributed by atoms with van der Waals surface area (Å²) in [5.41, 5.74) is 2.01. The van der Waals surface area contributed by atoms with E-state index in [1.807, 2.05) is 36.4 Å². The van der Waals surface area contributed by atoms with Crippen molar-refractivity contribution in [1.29, 1.82) is 0 Å². The molecule has 0 spiro atoms. The molecule has 0 saturated heterocycles. The molecule has 0 N–H and O–H groups in total. The van der Waals surface area contributed by atoms with Gasteiger partial charge < -0.3 is 9.08 Å². The second-order valence-corrected chi connectivity index (χ2v) is 10.5. The number of rotatable bonds is 8. The molecular formula is C31H23F2NO4S. The van der Waals surface area contributed by atoms with Gasteiger partial charge in [-0.15, -0.1) is 0 Å². The Labute approximate surface area is 225 Å². The zero-order valence-corrected chi connectivity index (χ0v) is 21.4. The maximum atomic E-state index is 13.6. The first kappa shape index (κ1) is 26.1. The molecular weight excluding hydrogens is 520 g/mol. The lowest BCUT2D eigenvalue weighted by Gasteiger charge is -2.23. The van der Waals surface area contributed by atoms with Crippen molar-refractivity contribution in [3.63, 3.8) is 0 Å². The molecule has 0 radical (unpaired) electrons. The van der Waals surface area contributed by atoms with Crippen LogP contribution in [0.25, 0.3) is 10.8 Å². The van der Waals surface area contributed by atoms with Crippen LogP contribution in [-0.2, 0) is 23.2 Å². The van der Waals surface area contributed by atoms with Gasteiger partial charge in [-0.3, -0.25) is 4.79 Å². The average molecular weight is 544 g/mol. The van der Waals surface area contributed by atoms with Gasteiger partial charge in [-0.05, 0) is 82.6 Å². The molecule has 0 fully saturated rings. The third kappa shape index (κ3) is 6.30. The molecule has 0 saturated carbocycles. The fraction of sp³-hybridized carbons (Fsp3) is 0.0645. The van der Waals surface area contributed by atoms with Crippen LogP contribution in [-0.4, -0.2) is 19.2 Å². The van der Waals surface area contributed by atoms with Crippen molar-refractivity contribution in [1.82, 2.24) is 4.90 Å². The summed E-state index contributed by atoms with van der Waals surface area (Å²) in [6, 6.07) is 29.9. The summed E-state index contributed by atoms with van der Waals surface area (Å²) in [6.07, 6.45) is 0. The van der Waals surface area contributed by atoms with Gasteiger partial charge in [0.25, 0.3) is 5.91 Å². The second-order valence-electron chi connectivity index (χ2n) is 8.98. The minimum absolute atomic E-state index is 0.0778. The zero-order valence-electron chi connectivity index (χ0n) is 20.6. The number of carbonyl (C=O) groups excluding carboxylic acids is 1. The molecule has 0 heterocycles. The number of hydrogen-bond donors (Lipinski definition) is 0. The maximum Gasteiger partial charge on any atom is 0.339 e. The van der Waals surface area contributed by atoms with Crippen LogP contribution in [0.4, 0.5) is 8.78 Å². The summed E-state index contributed by atoms with van der Waals surface area (Å²) in [7, 11) is -4.14. The summed E-state index contributed by atoms with van der Waals surface area (Å²) < 4.78 is 56.9. The van der Waals surface area contributed by atoms with E-state index >= 15 is 0 Å². The second kappa shape index (κ2) is 11.0. The van der Waals surface area contributed by atoms with E-state index in [4.69, 9.17) is 4.18 Å². The fourth-order valence-electron chi connectivity index (χ4n) is 4.16. The van der Waals surface area contributed by atoms with Gasteiger partial charge in [0.1, 0.15) is 22.3 Å². The highest BCUT2D eigenvalue weighted by Crippen LogP contribution is 2.23. The standard InChI is InChI=1S/C31H23F2NO4S/c32-27-11-5-22(6-12-27)20-34(31(35)26-10-9-24-3-1-2-4-25(24)19-26)21-23-7-15-29(16-8-23)38-39(36,37)30-17-13-28(33)14-18-30/h1-19H,20-21H2. The Morgan fingerprint density at radius 1 is 0.667 bits per heavy atom. The third-order valence-corrected chi connectivity index (χ3v) is 7.44. The van der Waals surface area contributed by atoms with Gasteiger partial charge in [-0.2, -0.15) is 8.42 Å². The van der Waals surface area contributed by atoms with Crippen molar-refractivity contribution in [2.75, 3.05) is 0 Å². The smallest absolute Gasteiger partial charge is 0.339 e. The van der Waals surface area contributed by atoms with Crippen LogP contribution in [0.2, 0.25) is 0 Å². The Morgan fingerprint density at radius 2 is 1.21 bits per heavy atom. The van der Waals surface area contributed by atoms with Crippen LogP contribution in [0.3, 0.4) is 0 Å². The van der Waals surface area contributed by atoms with Gasteiger partial charge in [0, 0.05) is 18.7 Å². The molecule has 0 bridgehead atoms. The van der Waals surface area contributed by atoms with Crippen LogP contribution >= 0.6 is 0 Å². The van der Waals surface area contributed by atoms with Crippen LogP contribution in [0.1, 0.15) is 21.5 Å². The van der Waals surface area contributed by atoms with Crippen LogP contribution in [0.15, 0.2) is 120 Å². The van der Waals surface area contributed by atoms with Gasteiger partial charge in [0.2, 0.25) is 0 Å². The summed E-state index contributed by atoms with van der Waals surface area (Å²) in [4.78, 5) is 15.1. The number of fused-ring (bicyclic) bond motifs is 1. The molecule has 5 aromatic rings. The van der Waals surface area contributed by atoms with E-state index in [0.717, 1.165) is 46.2 Å². The Bertz CT molecular complexity index is 1720. The first-order valence-corrected chi connectivity index (χ1v) is 13.5. The molecule has 5 aromatic carbocycles. The number of carbonyl (C=O) groups is 1. The number of amides is 1. The van der Waals surface area contributed by atoms with Crippen molar-refractivity contribution in [2.45, 2.75) is 18.0 Å². The van der Waals surface area contributed by atoms with E-state index in [2.05, 4.69) is 0 Å². The quantitative estimate of drug-likeness (QED) is 0.204. The van der Waals surface area contributed by atoms with Gasteiger partial charge in [-0.1, -0.05) is 54.6 Å². The molecule has 0 aromatic heterocycles. The first-order valence-electron chi connectivity index (χ1n) is 12.1. The molecule has 0 unspecified atom stereocenters. The van der Waals surface area contributed by atoms with Crippen LogP contribution in [0.5, 0.6) is 5.75 Å². The summed E-state index contributed by atoms with van der Waals surface area (Å²) >= 11 is 0. The Kier molecular flexibility index (Phi) is 7.38. The first-order chi connectivity index (χ1) is 18.8. The highest BCUT2D eigenvalue weighted by Gasteiger charge is 2.19. The number of halogens is 2. The SMILES string of the molecule is O=C(c1ccc2ccccc2c1)N(Cc1ccc(F)cc1)Cc1ccc(OS(=O)(=O)c2ccc(F)cc2)cc1. The van der Waals surface area contributed by atoms with E-state index < -0.39 is 15.9 Å². The lowest BCUT2D eigenvalue weighted by Crippen LogP contribution is -2.30. The molecule has 0 aliphatic rings. The lowest BCUT2D eigenvalue weighted by molar-refractivity contribution is 0.0730. The highest BCUT2D eigenvalue weighted by molar-refractivity contribution is 7.87. The molecule has 0 aliphatic carbocycles. The average Bonchev–Trinajstić information content (AvgIpc) is 2.94. The van der Waals surface area contributed by atoms with Gasteiger partial charge >= 0.3 is 10.1 Å². The molecule has 8 heteroatoms. The molecule has 0 atom stereocenters. The monoisotopic (exact) mass is 543 g/mol. The molecule has 0 aliphatic heterocycles. The summed E-state index contributed by atoms with van der Waals surface area (Å²) in [5.74, 6) is -1.04. The Morgan fingerprint density at radius 3 is 1.82 bits per heavy atom. The molecule has 5 rings (SSSR count). The Hall–Kier alpha value is -4.56. The normalized spacial score (nSPS) is 11.3. The van der Waals surface area contributed by atoms with E-state index in [9.17, 15) is 22.0 Å². The van der Waals surface area contributed by atoms with E-state index in [-0.39, 0.29) is 35.5 Å². The minimum Gasteiger partial charge on any atom is -0.379 e. The van der Waals surface area contributed by atoms with Crippen molar-refractivity contribution < 1.29 is 26.2 Å². The topological polar surface area (TPSA) is 63.7 Å². The third-order valence-electron chi connectivity index (χ3n) is 6.18. The number of benzene rings is 5. The van der Waals surface area contributed by atoms with Gasteiger partial charge in [-0.25, -0.2) is 8.78 Å². The number of hydrogen-bond acceptors (Lipinski definition) is 4. The van der Waals surface area contributed by atoms with Crippen molar-refractivity contribution in [3.8, 4) is 5.75 Å². The van der Waals surface area contributed by atoms with Gasteiger partial charge in [0.05, 0.1) is 0 Å². The van der Waals surface area contributed by atoms with E-state index in [1.165, 1.54) is 24.3 Å². The van der Waals surface area contributed by atoms with E-state index in [0.29, 0.717) is 5.56 Å². The predicted molar refractivity (Wildman–Crippen MR) is 145 cm³/mol. The maximum absolute atomic E-state index is 13.6. The molecule has 39 heavy (non-hydrogen) atoms. The van der Waals surface area contributed by atoms with Crippen molar-refractivity contribution >= 4 is 26.8 Å². The molecule has 1 amide bonds. The van der Waals surface area contributed by atoms with Crippen molar-refractivity contribution in [2.24, 2.45) is 0 Å². The van der Waals surface area contributed by atoms with Crippen LogP contribution < -0.4 is 4.18 Å². The molecule has 196 valence electrons. The summed E-state index contributed by atoms with van der Waals surface area (Å²) in [6.45, 7) is 0.456. The number of nitrogens with zero attached hydrogens (tertiary/aromatic N) is 1. The minimum atomic E-state index is -4.14. The van der Waals surface area contributed by atoms with Crippen molar-refractivity contribution in [3.05, 3.63) is 144 Å². The predicted octanol–water partition coefficient (Wildman–Crippen LogP) is 6.73. The highest BCUT2D eigenvalue weighted by atomic mass is 32.2. The Balaban J connectivity index is 1.37. The summed E-state index contributed by atoms with van der Waals surface area (Å²) in [5, 5.41) is 1.96. The van der Waals surface area contributed by atoms with E-state index in [1.54, 1.807) is 35.2 Å². The largest absolute Gasteiger partial charge is 0.379 e. The van der Waals surface area contributed by atoms with Gasteiger partial charge in [0.15, 0.2) is 0 Å². The van der Waals surface area contributed by atoms with Crippen LogP contribution in [0, 0.1) is 11.6 Å². The zero-order chi connectivity index (χ0) is 27.4.